The molecule has 0 saturated carbocycles. The van der Waals surface area contributed by atoms with Gasteiger partial charge < -0.3 is 5.73 Å². The van der Waals surface area contributed by atoms with Crippen LogP contribution >= 0.6 is 0 Å². The second-order valence-corrected chi connectivity index (χ2v) is 5.47. The quantitative estimate of drug-likeness (QED) is 0.786. The van der Waals surface area contributed by atoms with E-state index in [0.717, 1.165) is 24.5 Å². The Morgan fingerprint density at radius 2 is 1.59 bits per heavy atom. The Labute approximate surface area is 130 Å². The van der Waals surface area contributed by atoms with Crippen LogP contribution in [0.25, 0.3) is 5.69 Å². The normalized spacial score (nSPS) is 11.0. The van der Waals surface area contributed by atoms with E-state index in [4.69, 9.17) is 5.73 Å². The van der Waals surface area contributed by atoms with Crippen LogP contribution in [0.2, 0.25) is 0 Å². The van der Waals surface area contributed by atoms with Gasteiger partial charge in [-0.15, -0.1) is 0 Å². The summed E-state index contributed by atoms with van der Waals surface area (Å²) in [5.74, 6) is 0.661. The van der Waals surface area contributed by atoms with Gasteiger partial charge in [-0.2, -0.15) is 5.10 Å². The molecule has 0 fully saturated rings. The van der Waals surface area contributed by atoms with E-state index in [-0.39, 0.29) is 0 Å². The number of aromatic nitrogens is 2. The number of nitrogens with zero attached hydrogens (tertiary/aromatic N) is 3. The molecule has 0 atom stereocenters. The van der Waals surface area contributed by atoms with Gasteiger partial charge in [0.25, 0.3) is 0 Å². The van der Waals surface area contributed by atoms with Gasteiger partial charge >= 0.3 is 0 Å². The molecule has 0 spiro atoms. The summed E-state index contributed by atoms with van der Waals surface area (Å²) >= 11 is 0. The van der Waals surface area contributed by atoms with Gasteiger partial charge in [-0.3, -0.25) is 4.90 Å². The van der Waals surface area contributed by atoms with Gasteiger partial charge in [-0.05, 0) is 24.7 Å². The van der Waals surface area contributed by atoms with Gasteiger partial charge in [-0.1, -0.05) is 48.5 Å². The van der Waals surface area contributed by atoms with Crippen LogP contribution in [-0.4, -0.2) is 21.7 Å². The first-order chi connectivity index (χ1) is 10.7. The van der Waals surface area contributed by atoms with E-state index in [1.165, 1.54) is 5.56 Å². The highest BCUT2D eigenvalue weighted by Crippen LogP contribution is 2.15. The van der Waals surface area contributed by atoms with E-state index in [9.17, 15) is 0 Å². The van der Waals surface area contributed by atoms with Crippen molar-refractivity contribution in [2.45, 2.75) is 13.1 Å². The fourth-order valence-electron chi connectivity index (χ4n) is 2.53. The summed E-state index contributed by atoms with van der Waals surface area (Å²) in [4.78, 5) is 2.23. The Bertz CT molecular complexity index is 719. The lowest BCUT2D eigenvalue weighted by molar-refractivity contribution is 0.314. The molecule has 0 aliphatic carbocycles. The number of hydrogen-bond acceptors (Lipinski definition) is 3. The van der Waals surface area contributed by atoms with Crippen molar-refractivity contribution in [1.82, 2.24) is 14.7 Å². The summed E-state index contributed by atoms with van der Waals surface area (Å²) in [5.41, 5.74) is 9.33. The van der Waals surface area contributed by atoms with Gasteiger partial charge in [-0.25, -0.2) is 4.68 Å². The van der Waals surface area contributed by atoms with Gasteiger partial charge in [0.1, 0.15) is 5.82 Å². The van der Waals surface area contributed by atoms with Crippen molar-refractivity contribution in [2.24, 2.45) is 0 Å². The maximum absolute atomic E-state index is 6.08. The zero-order valence-electron chi connectivity index (χ0n) is 12.7. The molecule has 0 aliphatic rings. The van der Waals surface area contributed by atoms with Crippen LogP contribution in [0.4, 0.5) is 5.82 Å². The molecule has 1 aromatic heterocycles. The second kappa shape index (κ2) is 6.45. The molecular weight excluding hydrogens is 272 g/mol. The highest BCUT2D eigenvalue weighted by atomic mass is 15.3. The minimum Gasteiger partial charge on any atom is -0.384 e. The first-order valence-corrected chi connectivity index (χ1v) is 7.34. The molecule has 3 rings (SSSR count). The average molecular weight is 292 g/mol. The smallest absolute Gasteiger partial charge is 0.127 e. The van der Waals surface area contributed by atoms with Crippen molar-refractivity contribution in [3.63, 3.8) is 0 Å². The maximum atomic E-state index is 6.08. The zero-order valence-corrected chi connectivity index (χ0v) is 12.7. The third-order valence-electron chi connectivity index (χ3n) is 3.52. The summed E-state index contributed by atoms with van der Waals surface area (Å²) in [6.07, 6.45) is 0. The number of benzene rings is 2. The van der Waals surface area contributed by atoms with Crippen molar-refractivity contribution < 1.29 is 0 Å². The van der Waals surface area contributed by atoms with E-state index < -0.39 is 0 Å². The molecule has 3 aromatic rings. The summed E-state index contributed by atoms with van der Waals surface area (Å²) in [6, 6.07) is 22.3. The first-order valence-electron chi connectivity index (χ1n) is 7.34. The maximum Gasteiger partial charge on any atom is 0.127 e. The minimum absolute atomic E-state index is 0.661. The van der Waals surface area contributed by atoms with Crippen LogP contribution in [0.1, 0.15) is 11.3 Å². The first kappa shape index (κ1) is 14.4. The fourth-order valence-corrected chi connectivity index (χ4v) is 2.53. The SMILES string of the molecule is CN(Cc1ccccc1)Cc1cc(N)n(-c2ccccc2)n1. The predicted molar refractivity (Wildman–Crippen MR) is 89.6 cm³/mol. The molecule has 0 unspecified atom stereocenters. The van der Waals surface area contributed by atoms with Crippen molar-refractivity contribution in [3.05, 3.63) is 78.0 Å². The van der Waals surface area contributed by atoms with Gasteiger partial charge in [0, 0.05) is 19.2 Å². The number of hydrogen-bond donors (Lipinski definition) is 1. The number of rotatable bonds is 5. The van der Waals surface area contributed by atoms with E-state index in [1.54, 1.807) is 4.68 Å². The second-order valence-electron chi connectivity index (χ2n) is 5.47. The molecule has 1 heterocycles. The lowest BCUT2D eigenvalue weighted by atomic mass is 10.2. The molecule has 4 heteroatoms. The Morgan fingerprint density at radius 1 is 0.955 bits per heavy atom. The molecule has 0 radical (unpaired) electrons. The largest absolute Gasteiger partial charge is 0.384 e. The Hall–Kier alpha value is -2.59. The van der Waals surface area contributed by atoms with Gasteiger partial charge in [0.2, 0.25) is 0 Å². The van der Waals surface area contributed by atoms with Crippen molar-refractivity contribution in [1.29, 1.82) is 0 Å². The number of nitrogen functional groups attached to an aromatic ring is 1. The lowest BCUT2D eigenvalue weighted by Gasteiger charge is -2.15. The fraction of sp³-hybridized carbons (Fsp3) is 0.167. The van der Waals surface area contributed by atoms with Gasteiger partial charge in [0.15, 0.2) is 0 Å². The summed E-state index contributed by atoms with van der Waals surface area (Å²) in [5, 5.41) is 4.61. The van der Waals surface area contributed by atoms with Crippen LogP contribution in [0.5, 0.6) is 0 Å². The van der Waals surface area contributed by atoms with Crippen molar-refractivity contribution in [3.8, 4) is 5.69 Å². The molecule has 2 aromatic carbocycles. The van der Waals surface area contributed by atoms with Crippen LogP contribution in [0.15, 0.2) is 66.7 Å². The lowest BCUT2D eigenvalue weighted by Crippen LogP contribution is -2.17. The molecule has 2 N–H and O–H groups in total. The Kier molecular flexibility index (Phi) is 4.21. The third kappa shape index (κ3) is 3.35. The van der Waals surface area contributed by atoms with Crippen LogP contribution in [-0.2, 0) is 13.1 Å². The Morgan fingerprint density at radius 3 is 2.27 bits per heavy atom. The minimum atomic E-state index is 0.661. The van der Waals surface area contributed by atoms with Crippen LogP contribution in [0.3, 0.4) is 0 Å². The monoisotopic (exact) mass is 292 g/mol. The molecule has 22 heavy (non-hydrogen) atoms. The van der Waals surface area contributed by atoms with E-state index in [0.29, 0.717) is 5.82 Å². The Balaban J connectivity index is 1.71. The standard InChI is InChI=1S/C18H20N4/c1-21(13-15-8-4-2-5-9-15)14-16-12-18(19)22(20-16)17-10-6-3-7-11-17/h2-12H,13-14,19H2,1H3. The highest BCUT2D eigenvalue weighted by molar-refractivity contribution is 5.42. The molecule has 0 amide bonds. The molecule has 112 valence electrons. The van der Waals surface area contributed by atoms with E-state index in [2.05, 4.69) is 41.3 Å². The van der Waals surface area contributed by atoms with Gasteiger partial charge in [0.05, 0.1) is 11.4 Å². The molecule has 0 bridgehead atoms. The number of para-hydroxylation sites is 1. The zero-order chi connectivity index (χ0) is 15.4. The van der Waals surface area contributed by atoms with Crippen LogP contribution < -0.4 is 5.73 Å². The summed E-state index contributed by atoms with van der Waals surface area (Å²) in [6.45, 7) is 1.65. The van der Waals surface area contributed by atoms with Crippen molar-refractivity contribution in [2.75, 3.05) is 12.8 Å². The van der Waals surface area contributed by atoms with Crippen molar-refractivity contribution >= 4 is 5.82 Å². The van der Waals surface area contributed by atoms with Crippen LogP contribution in [0, 0.1) is 0 Å². The third-order valence-corrected chi connectivity index (χ3v) is 3.52. The average Bonchev–Trinajstić information content (AvgIpc) is 2.89. The highest BCUT2D eigenvalue weighted by Gasteiger charge is 2.09. The molecular formula is C18H20N4. The van der Waals surface area contributed by atoms with E-state index >= 15 is 0 Å². The molecule has 0 aliphatic heterocycles. The number of nitrogens with two attached hydrogens (primary N) is 1. The summed E-state index contributed by atoms with van der Waals surface area (Å²) < 4.78 is 1.78. The van der Waals surface area contributed by atoms with E-state index in [1.807, 2.05) is 42.5 Å². The molecule has 4 nitrogen and oxygen atoms in total. The topological polar surface area (TPSA) is 47.1 Å². The predicted octanol–water partition coefficient (Wildman–Crippen LogP) is 3.09. The number of anilines is 1. The molecule has 0 saturated heterocycles. The summed E-state index contributed by atoms with van der Waals surface area (Å²) in [7, 11) is 2.09.